The van der Waals surface area contributed by atoms with Crippen LogP contribution in [-0.4, -0.2) is 10.2 Å². The average Bonchev–Trinajstić information content (AvgIpc) is 2.64. The van der Waals surface area contributed by atoms with Gasteiger partial charge in [-0.05, 0) is 41.6 Å². The monoisotopic (exact) mass is 200 g/mol. The Morgan fingerprint density at radius 2 is 2.30 bits per heavy atom. The molecule has 0 atom stereocenters. The first kappa shape index (κ1) is 6.40. The summed E-state index contributed by atoms with van der Waals surface area (Å²) in [6.45, 7) is 2.07. The van der Waals surface area contributed by atoms with Gasteiger partial charge in [0.25, 0.3) is 0 Å². The minimum Gasteiger partial charge on any atom is -0.281 e. The molecule has 1 aliphatic rings. The number of rotatable bonds is 1. The molecule has 1 heterocycles. The average molecular weight is 201 g/mol. The van der Waals surface area contributed by atoms with Crippen LogP contribution in [0.5, 0.6) is 0 Å². The van der Waals surface area contributed by atoms with Crippen molar-refractivity contribution in [2.24, 2.45) is 0 Å². The number of H-pyrrole nitrogens is 1. The van der Waals surface area contributed by atoms with Crippen LogP contribution in [0.3, 0.4) is 0 Å². The van der Waals surface area contributed by atoms with Crippen LogP contribution in [-0.2, 0) is 0 Å². The Morgan fingerprint density at radius 1 is 1.60 bits per heavy atom. The second kappa shape index (κ2) is 2.09. The molecule has 0 aliphatic heterocycles. The van der Waals surface area contributed by atoms with Gasteiger partial charge in [-0.2, -0.15) is 5.10 Å². The number of hydrogen-bond donors (Lipinski definition) is 1. The third kappa shape index (κ3) is 0.888. The van der Waals surface area contributed by atoms with Crippen LogP contribution in [0.25, 0.3) is 0 Å². The summed E-state index contributed by atoms with van der Waals surface area (Å²) in [5, 5.41) is 7.03. The molecular formula is C7H9BrN2. The van der Waals surface area contributed by atoms with Gasteiger partial charge in [0.2, 0.25) is 0 Å². The molecule has 1 saturated carbocycles. The second-order valence-corrected chi connectivity index (χ2v) is 3.58. The lowest BCUT2D eigenvalue weighted by Gasteiger charge is -1.92. The number of aromatic nitrogens is 2. The maximum Gasteiger partial charge on any atom is 0.131 e. The molecule has 0 aromatic carbocycles. The molecule has 0 spiro atoms. The van der Waals surface area contributed by atoms with Gasteiger partial charge in [-0.25, -0.2) is 0 Å². The largest absolute Gasteiger partial charge is 0.281 e. The van der Waals surface area contributed by atoms with Crippen LogP contribution in [0.1, 0.15) is 30.0 Å². The molecule has 2 rings (SSSR count). The topological polar surface area (TPSA) is 28.7 Å². The Kier molecular flexibility index (Phi) is 1.34. The first-order valence-corrected chi connectivity index (χ1v) is 4.28. The predicted octanol–water partition coefficient (Wildman–Crippen LogP) is 2.36. The molecule has 0 bridgehead atoms. The molecule has 3 heteroatoms. The summed E-state index contributed by atoms with van der Waals surface area (Å²) >= 11 is 3.42. The van der Waals surface area contributed by atoms with Gasteiger partial charge < -0.3 is 0 Å². The summed E-state index contributed by atoms with van der Waals surface area (Å²) < 4.78 is 1.01. The Labute approximate surface area is 68.2 Å². The quantitative estimate of drug-likeness (QED) is 0.742. The third-order valence-corrected chi connectivity index (χ3v) is 2.54. The number of aromatic amines is 1. The van der Waals surface area contributed by atoms with Crippen molar-refractivity contribution in [3.8, 4) is 0 Å². The summed E-state index contributed by atoms with van der Waals surface area (Å²) in [5.41, 5.74) is 2.61. The molecule has 0 unspecified atom stereocenters. The highest BCUT2D eigenvalue weighted by Crippen LogP contribution is 2.43. The molecular weight excluding hydrogens is 192 g/mol. The van der Waals surface area contributed by atoms with E-state index < -0.39 is 0 Å². The van der Waals surface area contributed by atoms with Crippen molar-refractivity contribution < 1.29 is 0 Å². The van der Waals surface area contributed by atoms with E-state index in [1.54, 1.807) is 0 Å². The van der Waals surface area contributed by atoms with Crippen LogP contribution >= 0.6 is 15.9 Å². The highest BCUT2D eigenvalue weighted by molar-refractivity contribution is 9.10. The highest BCUT2D eigenvalue weighted by Gasteiger charge is 2.28. The fourth-order valence-corrected chi connectivity index (χ4v) is 1.96. The molecule has 1 aromatic heterocycles. The van der Waals surface area contributed by atoms with Gasteiger partial charge in [0, 0.05) is 11.3 Å². The fraction of sp³-hybridized carbons (Fsp3) is 0.571. The fourth-order valence-electron chi connectivity index (χ4n) is 1.25. The van der Waals surface area contributed by atoms with Gasteiger partial charge in [0.1, 0.15) is 4.60 Å². The van der Waals surface area contributed by atoms with Crippen molar-refractivity contribution >= 4 is 15.9 Å². The van der Waals surface area contributed by atoms with Gasteiger partial charge in [0.15, 0.2) is 0 Å². The van der Waals surface area contributed by atoms with E-state index in [0.29, 0.717) is 0 Å². The zero-order valence-corrected chi connectivity index (χ0v) is 7.40. The molecule has 10 heavy (non-hydrogen) atoms. The molecule has 2 nitrogen and oxygen atoms in total. The zero-order valence-electron chi connectivity index (χ0n) is 5.82. The van der Waals surface area contributed by atoms with Crippen molar-refractivity contribution in [1.29, 1.82) is 0 Å². The van der Waals surface area contributed by atoms with Crippen molar-refractivity contribution in [3.63, 3.8) is 0 Å². The normalized spacial score (nSPS) is 17.8. The highest BCUT2D eigenvalue weighted by atomic mass is 79.9. The Hall–Kier alpha value is -0.310. The van der Waals surface area contributed by atoms with E-state index in [9.17, 15) is 0 Å². The van der Waals surface area contributed by atoms with E-state index in [0.717, 1.165) is 10.5 Å². The van der Waals surface area contributed by atoms with Gasteiger partial charge in [-0.3, -0.25) is 5.10 Å². The minimum absolute atomic E-state index is 0.785. The number of aryl methyl sites for hydroxylation is 1. The molecule has 1 aromatic rings. The van der Waals surface area contributed by atoms with Crippen LogP contribution in [0, 0.1) is 6.92 Å². The summed E-state index contributed by atoms with van der Waals surface area (Å²) in [5.74, 6) is 0.785. The van der Waals surface area contributed by atoms with Gasteiger partial charge in [0.05, 0.1) is 0 Å². The Balaban J connectivity index is 2.44. The maximum absolute atomic E-state index is 4.07. The zero-order chi connectivity index (χ0) is 7.14. The molecule has 0 amide bonds. The lowest BCUT2D eigenvalue weighted by atomic mass is 10.2. The van der Waals surface area contributed by atoms with Crippen LogP contribution < -0.4 is 0 Å². The summed E-state index contributed by atoms with van der Waals surface area (Å²) in [6, 6.07) is 0. The van der Waals surface area contributed by atoms with Crippen LogP contribution in [0.4, 0.5) is 0 Å². The number of nitrogens with one attached hydrogen (secondary N) is 1. The van der Waals surface area contributed by atoms with E-state index in [2.05, 4.69) is 33.1 Å². The predicted molar refractivity (Wildman–Crippen MR) is 43.0 cm³/mol. The maximum atomic E-state index is 4.07. The Bertz CT molecular complexity index is 231. The molecule has 0 radical (unpaired) electrons. The van der Waals surface area contributed by atoms with E-state index in [-0.39, 0.29) is 0 Å². The molecule has 0 saturated heterocycles. The van der Waals surface area contributed by atoms with Gasteiger partial charge >= 0.3 is 0 Å². The van der Waals surface area contributed by atoms with E-state index in [1.807, 2.05) is 0 Å². The van der Waals surface area contributed by atoms with Gasteiger partial charge in [-0.1, -0.05) is 0 Å². The Morgan fingerprint density at radius 3 is 2.70 bits per heavy atom. The van der Waals surface area contributed by atoms with Crippen molar-refractivity contribution in [1.82, 2.24) is 10.2 Å². The third-order valence-electron chi connectivity index (χ3n) is 1.93. The number of nitrogens with zero attached hydrogens (tertiary/aromatic N) is 1. The van der Waals surface area contributed by atoms with Crippen molar-refractivity contribution in [2.45, 2.75) is 25.7 Å². The van der Waals surface area contributed by atoms with Crippen molar-refractivity contribution in [3.05, 3.63) is 15.9 Å². The molecule has 1 N–H and O–H groups in total. The SMILES string of the molecule is Cc1[nH]nc(Br)c1C1CC1. The lowest BCUT2D eigenvalue weighted by Crippen LogP contribution is -1.79. The summed E-state index contributed by atoms with van der Waals surface area (Å²) in [7, 11) is 0. The second-order valence-electron chi connectivity index (χ2n) is 2.83. The van der Waals surface area contributed by atoms with E-state index in [4.69, 9.17) is 0 Å². The van der Waals surface area contributed by atoms with E-state index in [1.165, 1.54) is 24.1 Å². The minimum atomic E-state index is 0.785. The summed E-state index contributed by atoms with van der Waals surface area (Å²) in [4.78, 5) is 0. The standard InChI is InChI=1S/C7H9BrN2/c1-4-6(5-2-3-5)7(8)10-9-4/h5H,2-3H2,1H3,(H,9,10). The van der Waals surface area contributed by atoms with Crippen molar-refractivity contribution in [2.75, 3.05) is 0 Å². The van der Waals surface area contributed by atoms with Crippen LogP contribution in [0.15, 0.2) is 4.60 Å². The lowest BCUT2D eigenvalue weighted by molar-refractivity contribution is 1.03. The first-order chi connectivity index (χ1) is 4.79. The summed E-state index contributed by atoms with van der Waals surface area (Å²) in [6.07, 6.45) is 2.66. The van der Waals surface area contributed by atoms with E-state index >= 15 is 0 Å². The van der Waals surface area contributed by atoms with Gasteiger partial charge in [-0.15, -0.1) is 0 Å². The smallest absolute Gasteiger partial charge is 0.131 e. The first-order valence-electron chi connectivity index (χ1n) is 3.49. The number of halogens is 1. The molecule has 1 aliphatic carbocycles. The molecule has 1 fully saturated rings. The molecule has 54 valence electrons. The van der Waals surface area contributed by atoms with Crippen LogP contribution in [0.2, 0.25) is 0 Å². The number of hydrogen-bond acceptors (Lipinski definition) is 1.